The van der Waals surface area contributed by atoms with E-state index < -0.39 is 11.9 Å². The van der Waals surface area contributed by atoms with Gasteiger partial charge in [0.15, 0.2) is 0 Å². The van der Waals surface area contributed by atoms with Crippen LogP contribution in [0.15, 0.2) is 0 Å². The van der Waals surface area contributed by atoms with Gasteiger partial charge in [0, 0.05) is 11.9 Å². The minimum Gasteiger partial charge on any atom is -0.550 e. The molecule has 0 aliphatic heterocycles. The van der Waals surface area contributed by atoms with E-state index in [1.165, 1.54) is 167 Å². The molecular formula is C42H84O4Sn. The van der Waals surface area contributed by atoms with E-state index in [2.05, 4.69) is 41.5 Å². The summed E-state index contributed by atoms with van der Waals surface area (Å²) in [6.07, 6.45) is 41.1. The number of hydrogen-bond acceptors (Lipinski definition) is 4. The first-order valence-electron chi connectivity index (χ1n) is 20.4. The Morgan fingerprint density at radius 3 is 0.681 bits per heavy atom. The number of unbranched alkanes of at least 4 members (excludes halogenated alkanes) is 28. The van der Waals surface area contributed by atoms with Crippen molar-refractivity contribution in [2.45, 2.75) is 246 Å². The number of hydrogen-bond donors (Lipinski definition) is 0. The number of carboxylic acid groups (broad SMARTS) is 2. The Morgan fingerprint density at radius 2 is 0.511 bits per heavy atom. The molecule has 0 bridgehead atoms. The molecule has 0 aromatic carbocycles. The standard InChI is InChI=1S/2C13H26O2.2C8H17.Sn/c2*1-2-3-4-5-6-7-8-9-10-11-12-13(14)15;2*1-3-5-7-8-6-4-2;/h2*2-12H2,1H3,(H,14,15);2*1,3-8H2,2H3;/q;;;;+2/p-2. The zero-order chi connectivity index (χ0) is 35.2. The Labute approximate surface area is 314 Å². The van der Waals surface area contributed by atoms with Gasteiger partial charge in [0.1, 0.15) is 0 Å². The van der Waals surface area contributed by atoms with Gasteiger partial charge < -0.3 is 19.8 Å². The molecule has 0 aromatic heterocycles. The van der Waals surface area contributed by atoms with Crippen LogP contribution in [-0.4, -0.2) is 35.8 Å². The van der Waals surface area contributed by atoms with Gasteiger partial charge in [-0.2, -0.15) is 0 Å². The van der Waals surface area contributed by atoms with Gasteiger partial charge >= 0.3 is 23.9 Å². The molecule has 0 aromatic rings. The summed E-state index contributed by atoms with van der Waals surface area (Å²) in [4.78, 5) is 20.2. The Morgan fingerprint density at radius 1 is 0.340 bits per heavy atom. The first kappa shape index (κ1) is 56.1. The van der Waals surface area contributed by atoms with Crippen molar-refractivity contribution in [2.24, 2.45) is 0 Å². The number of rotatable bonds is 32. The molecule has 0 aliphatic carbocycles. The summed E-state index contributed by atoms with van der Waals surface area (Å²) in [5.74, 6) is -1.82. The molecule has 0 fully saturated rings. The van der Waals surface area contributed by atoms with Gasteiger partial charge in [-0.15, -0.1) is 0 Å². The van der Waals surface area contributed by atoms with Crippen molar-refractivity contribution in [3.05, 3.63) is 13.8 Å². The molecule has 0 atom stereocenters. The average Bonchev–Trinajstić information content (AvgIpc) is 3.04. The quantitative estimate of drug-likeness (QED) is 0.0504. The summed E-state index contributed by atoms with van der Waals surface area (Å²) in [5.41, 5.74) is 0. The molecule has 0 aliphatic rings. The van der Waals surface area contributed by atoms with E-state index in [9.17, 15) is 19.8 Å². The van der Waals surface area contributed by atoms with Crippen molar-refractivity contribution in [3.8, 4) is 0 Å². The summed E-state index contributed by atoms with van der Waals surface area (Å²) in [6.45, 7) is 16.5. The zero-order valence-electron chi connectivity index (χ0n) is 32.6. The van der Waals surface area contributed by atoms with Crippen LogP contribution >= 0.6 is 0 Å². The van der Waals surface area contributed by atoms with Gasteiger partial charge in [0.25, 0.3) is 0 Å². The van der Waals surface area contributed by atoms with E-state index in [1.54, 1.807) is 0 Å². The first-order chi connectivity index (χ1) is 22.4. The fraction of sp³-hybridized carbons (Fsp3) is 0.905. The van der Waals surface area contributed by atoms with Crippen LogP contribution in [0.5, 0.6) is 0 Å². The molecular weight excluding hydrogens is 687 g/mol. The van der Waals surface area contributed by atoms with E-state index >= 15 is 0 Å². The number of aliphatic carboxylic acids is 2. The number of carbonyl (C=O) groups is 2. The normalized spacial score (nSPS) is 10.0. The topological polar surface area (TPSA) is 80.3 Å². The maximum absolute atomic E-state index is 10.1. The Balaban J connectivity index is -0.000000173. The van der Waals surface area contributed by atoms with E-state index in [0.29, 0.717) is 0 Å². The van der Waals surface area contributed by atoms with Crippen LogP contribution in [-0.2, 0) is 9.59 Å². The molecule has 0 N–H and O–H groups in total. The third-order valence-electron chi connectivity index (χ3n) is 8.18. The van der Waals surface area contributed by atoms with E-state index in [1.807, 2.05) is 0 Å². The van der Waals surface area contributed by atoms with Crippen LogP contribution in [0.1, 0.15) is 246 Å². The molecule has 5 heteroatoms. The SMILES string of the molecule is CCCCCCCCCCCCC(=O)[O-].CCCCCCCCCCCCC(=O)[O-].[CH2]CCCCCCC.[CH2]CCCCCCC.[Sn+2]. The van der Waals surface area contributed by atoms with Crippen molar-refractivity contribution in [1.82, 2.24) is 0 Å². The zero-order valence-corrected chi connectivity index (χ0v) is 35.4. The molecule has 0 spiro atoms. The molecule has 4 radical (unpaired) electrons. The summed E-state index contributed by atoms with van der Waals surface area (Å²) >= 11 is 0. The molecule has 0 rings (SSSR count). The fourth-order valence-corrected chi connectivity index (χ4v) is 5.07. The predicted molar refractivity (Wildman–Crippen MR) is 206 cm³/mol. The molecule has 0 heterocycles. The van der Waals surface area contributed by atoms with Crippen molar-refractivity contribution < 1.29 is 19.8 Å². The van der Waals surface area contributed by atoms with Crippen molar-refractivity contribution in [2.75, 3.05) is 0 Å². The first-order valence-corrected chi connectivity index (χ1v) is 20.4. The van der Waals surface area contributed by atoms with Crippen LogP contribution in [0.25, 0.3) is 0 Å². The molecule has 0 saturated heterocycles. The molecule has 0 amide bonds. The molecule has 0 unspecified atom stereocenters. The van der Waals surface area contributed by atoms with Crippen LogP contribution in [0.2, 0.25) is 0 Å². The second-order valence-corrected chi connectivity index (χ2v) is 13.1. The third-order valence-corrected chi connectivity index (χ3v) is 8.18. The largest absolute Gasteiger partial charge is 2.00 e. The van der Waals surface area contributed by atoms with E-state index in [0.717, 1.165) is 38.5 Å². The van der Waals surface area contributed by atoms with E-state index in [-0.39, 0.29) is 36.7 Å². The van der Waals surface area contributed by atoms with Crippen LogP contribution < -0.4 is 10.2 Å². The molecule has 47 heavy (non-hydrogen) atoms. The Hall–Kier alpha value is -0.261. The summed E-state index contributed by atoms with van der Waals surface area (Å²) in [5, 5.41) is 20.2. The number of carbonyl (C=O) groups excluding carboxylic acids is 2. The smallest absolute Gasteiger partial charge is 0.550 e. The van der Waals surface area contributed by atoms with E-state index in [4.69, 9.17) is 0 Å². The minimum atomic E-state index is -0.908. The molecule has 0 saturated carbocycles. The van der Waals surface area contributed by atoms with Crippen molar-refractivity contribution >= 4 is 35.8 Å². The van der Waals surface area contributed by atoms with Crippen molar-refractivity contribution in [3.63, 3.8) is 0 Å². The fourth-order valence-electron chi connectivity index (χ4n) is 5.07. The third kappa shape index (κ3) is 76.9. The Kier molecular flexibility index (Phi) is 69.2. The van der Waals surface area contributed by atoms with Crippen molar-refractivity contribution in [1.29, 1.82) is 0 Å². The second kappa shape index (κ2) is 58.0. The van der Waals surface area contributed by atoms with Gasteiger partial charge in [-0.1, -0.05) is 234 Å². The number of carboxylic acids is 2. The van der Waals surface area contributed by atoms with Crippen LogP contribution in [0, 0.1) is 13.8 Å². The predicted octanol–water partition coefficient (Wildman–Crippen LogP) is 12.1. The van der Waals surface area contributed by atoms with Gasteiger partial charge in [-0.05, 0) is 25.7 Å². The van der Waals surface area contributed by atoms with Gasteiger partial charge in [0.2, 0.25) is 0 Å². The maximum Gasteiger partial charge on any atom is 2.00 e. The van der Waals surface area contributed by atoms with Gasteiger partial charge in [-0.25, -0.2) is 0 Å². The average molecular weight is 772 g/mol. The summed E-state index contributed by atoms with van der Waals surface area (Å²) in [7, 11) is 0. The summed E-state index contributed by atoms with van der Waals surface area (Å²) < 4.78 is 0. The molecule has 280 valence electrons. The monoisotopic (exact) mass is 773 g/mol. The maximum atomic E-state index is 10.1. The van der Waals surface area contributed by atoms with Crippen LogP contribution in [0.4, 0.5) is 0 Å². The summed E-state index contributed by atoms with van der Waals surface area (Å²) in [6, 6.07) is 0. The van der Waals surface area contributed by atoms with Crippen LogP contribution in [0.3, 0.4) is 0 Å². The van der Waals surface area contributed by atoms with Gasteiger partial charge in [-0.3, -0.25) is 0 Å². The minimum absolute atomic E-state index is 0. The van der Waals surface area contributed by atoms with Gasteiger partial charge in [0.05, 0.1) is 0 Å². The molecule has 4 nitrogen and oxygen atoms in total. The second-order valence-electron chi connectivity index (χ2n) is 13.1. The Bertz CT molecular complexity index is 469.